The minimum atomic E-state index is -3.66. The van der Waals surface area contributed by atoms with Crippen molar-refractivity contribution >= 4 is 33.2 Å². The molecule has 1 aromatic rings. The smallest absolute Gasteiger partial charge is 0.244 e. The average Bonchev–Trinajstić information content (AvgIpc) is 2.40. The Balaban J connectivity index is 3.12. The second-order valence-electron chi connectivity index (χ2n) is 5.38. The molecule has 0 radical (unpaired) electrons. The van der Waals surface area contributed by atoms with Crippen LogP contribution in [-0.4, -0.2) is 31.7 Å². The standard InChI is InChI=1S/C15H23ClN2O3S/c1-5-18(6-2)22(20,21)14-10-12(7-8-13(14)16)17-15(19)9-11(3)4/h7-8,10-11H,5-6,9H2,1-4H3,(H,17,19). The summed E-state index contributed by atoms with van der Waals surface area (Å²) in [5, 5.41) is 2.85. The van der Waals surface area contributed by atoms with Crippen molar-refractivity contribution in [3.8, 4) is 0 Å². The zero-order valence-corrected chi connectivity index (χ0v) is 15.0. The molecule has 0 saturated carbocycles. The van der Waals surface area contributed by atoms with E-state index in [1.165, 1.54) is 16.4 Å². The SMILES string of the molecule is CCN(CC)S(=O)(=O)c1cc(NC(=O)CC(C)C)ccc1Cl. The van der Waals surface area contributed by atoms with Crippen molar-refractivity contribution in [3.05, 3.63) is 23.2 Å². The van der Waals surface area contributed by atoms with E-state index in [2.05, 4.69) is 5.32 Å². The number of nitrogens with zero attached hydrogens (tertiary/aromatic N) is 1. The van der Waals surface area contributed by atoms with Crippen molar-refractivity contribution in [2.75, 3.05) is 18.4 Å². The fraction of sp³-hybridized carbons (Fsp3) is 0.533. The predicted molar refractivity (Wildman–Crippen MR) is 89.6 cm³/mol. The van der Waals surface area contributed by atoms with Gasteiger partial charge in [-0.2, -0.15) is 4.31 Å². The molecule has 1 N–H and O–H groups in total. The molecule has 0 aliphatic heterocycles. The van der Waals surface area contributed by atoms with Crippen LogP contribution in [0.15, 0.2) is 23.1 Å². The van der Waals surface area contributed by atoms with Crippen LogP contribution in [0.1, 0.15) is 34.1 Å². The number of amides is 1. The van der Waals surface area contributed by atoms with E-state index in [0.717, 1.165) is 0 Å². The Morgan fingerprint density at radius 3 is 2.36 bits per heavy atom. The molecule has 0 bridgehead atoms. The minimum absolute atomic E-state index is 0.0141. The highest BCUT2D eigenvalue weighted by Gasteiger charge is 2.24. The summed E-state index contributed by atoms with van der Waals surface area (Å²) in [6, 6.07) is 4.50. The lowest BCUT2D eigenvalue weighted by atomic mass is 10.1. The van der Waals surface area contributed by atoms with Gasteiger partial charge in [-0.05, 0) is 24.1 Å². The summed E-state index contributed by atoms with van der Waals surface area (Å²) in [7, 11) is -3.66. The predicted octanol–water partition coefficient (Wildman–Crippen LogP) is 3.36. The molecule has 7 heteroatoms. The lowest BCUT2D eigenvalue weighted by Crippen LogP contribution is -2.30. The van der Waals surface area contributed by atoms with E-state index in [1.807, 2.05) is 13.8 Å². The zero-order valence-electron chi connectivity index (χ0n) is 13.4. The monoisotopic (exact) mass is 346 g/mol. The van der Waals surface area contributed by atoms with Gasteiger partial charge in [0.15, 0.2) is 0 Å². The van der Waals surface area contributed by atoms with Crippen molar-refractivity contribution in [3.63, 3.8) is 0 Å². The summed E-state index contributed by atoms with van der Waals surface area (Å²) >= 11 is 6.04. The van der Waals surface area contributed by atoms with Crippen LogP contribution in [0.4, 0.5) is 5.69 Å². The Bertz CT molecular complexity index is 626. The lowest BCUT2D eigenvalue weighted by Gasteiger charge is -2.19. The summed E-state index contributed by atoms with van der Waals surface area (Å²) in [6.07, 6.45) is 0.376. The molecule has 0 fully saturated rings. The van der Waals surface area contributed by atoms with E-state index in [0.29, 0.717) is 25.2 Å². The second kappa shape index (κ2) is 7.94. The second-order valence-corrected chi connectivity index (χ2v) is 7.69. The maximum atomic E-state index is 12.6. The summed E-state index contributed by atoms with van der Waals surface area (Å²) in [4.78, 5) is 11.8. The first-order valence-corrected chi connectivity index (χ1v) is 9.13. The van der Waals surface area contributed by atoms with Crippen LogP contribution in [0.5, 0.6) is 0 Å². The molecule has 0 spiro atoms. The van der Waals surface area contributed by atoms with Gasteiger partial charge in [-0.3, -0.25) is 4.79 Å². The number of nitrogens with one attached hydrogen (secondary N) is 1. The van der Waals surface area contributed by atoms with Gasteiger partial charge >= 0.3 is 0 Å². The van der Waals surface area contributed by atoms with E-state index in [4.69, 9.17) is 11.6 Å². The van der Waals surface area contributed by atoms with E-state index >= 15 is 0 Å². The van der Waals surface area contributed by atoms with Gasteiger partial charge in [-0.25, -0.2) is 8.42 Å². The number of carbonyl (C=O) groups excluding carboxylic acids is 1. The Hall–Kier alpha value is -1.11. The number of hydrogen-bond donors (Lipinski definition) is 1. The fourth-order valence-corrected chi connectivity index (χ4v) is 4.02. The molecule has 0 saturated heterocycles. The molecule has 5 nitrogen and oxygen atoms in total. The van der Waals surface area contributed by atoms with Crippen LogP contribution in [0.25, 0.3) is 0 Å². The highest BCUT2D eigenvalue weighted by atomic mass is 35.5. The first-order valence-electron chi connectivity index (χ1n) is 7.31. The number of anilines is 1. The minimum Gasteiger partial charge on any atom is -0.326 e. The lowest BCUT2D eigenvalue weighted by molar-refractivity contribution is -0.116. The van der Waals surface area contributed by atoms with Crippen molar-refractivity contribution < 1.29 is 13.2 Å². The molecule has 0 unspecified atom stereocenters. The number of carbonyl (C=O) groups is 1. The third kappa shape index (κ3) is 4.69. The van der Waals surface area contributed by atoms with Crippen LogP contribution in [0, 0.1) is 5.92 Å². The number of hydrogen-bond acceptors (Lipinski definition) is 3. The van der Waals surface area contributed by atoms with E-state index in [1.54, 1.807) is 19.9 Å². The highest BCUT2D eigenvalue weighted by molar-refractivity contribution is 7.89. The van der Waals surface area contributed by atoms with Crippen LogP contribution in [-0.2, 0) is 14.8 Å². The topological polar surface area (TPSA) is 66.5 Å². The maximum absolute atomic E-state index is 12.6. The molecule has 1 aromatic carbocycles. The largest absolute Gasteiger partial charge is 0.326 e. The summed E-state index contributed by atoms with van der Waals surface area (Å²) in [6.45, 7) is 8.14. The van der Waals surface area contributed by atoms with E-state index < -0.39 is 10.0 Å². The molecule has 0 aliphatic carbocycles. The Morgan fingerprint density at radius 2 is 1.86 bits per heavy atom. The van der Waals surface area contributed by atoms with Gasteiger partial charge in [0.05, 0.1) is 5.02 Å². The van der Waals surface area contributed by atoms with Gasteiger partial charge in [0, 0.05) is 25.2 Å². The van der Waals surface area contributed by atoms with Gasteiger partial charge in [0.2, 0.25) is 15.9 Å². The average molecular weight is 347 g/mol. The first kappa shape index (κ1) is 18.9. The van der Waals surface area contributed by atoms with Crippen molar-refractivity contribution in [1.29, 1.82) is 0 Å². The first-order chi connectivity index (χ1) is 10.2. The normalized spacial score (nSPS) is 12.0. The number of rotatable bonds is 7. The Labute approximate surface area is 137 Å². The fourth-order valence-electron chi connectivity index (χ4n) is 2.06. The number of halogens is 1. The van der Waals surface area contributed by atoms with Gasteiger partial charge in [0.1, 0.15) is 4.90 Å². The Kier molecular flexibility index (Phi) is 6.84. The molecule has 1 amide bonds. The third-order valence-corrected chi connectivity index (χ3v) is 5.66. The molecule has 22 heavy (non-hydrogen) atoms. The van der Waals surface area contributed by atoms with Gasteiger partial charge < -0.3 is 5.32 Å². The molecule has 1 rings (SSSR count). The maximum Gasteiger partial charge on any atom is 0.244 e. The molecule has 0 aliphatic rings. The van der Waals surface area contributed by atoms with Crippen LogP contribution < -0.4 is 5.32 Å². The van der Waals surface area contributed by atoms with E-state index in [9.17, 15) is 13.2 Å². The molecular weight excluding hydrogens is 324 g/mol. The molecule has 0 atom stereocenters. The van der Waals surface area contributed by atoms with E-state index in [-0.39, 0.29) is 21.7 Å². The molecule has 0 aromatic heterocycles. The van der Waals surface area contributed by atoms with Crippen molar-refractivity contribution in [1.82, 2.24) is 4.31 Å². The summed E-state index contributed by atoms with van der Waals surface area (Å²) in [5.41, 5.74) is 0.431. The quantitative estimate of drug-likeness (QED) is 0.823. The van der Waals surface area contributed by atoms with Crippen LogP contribution in [0.3, 0.4) is 0 Å². The molecular formula is C15H23ClN2O3S. The van der Waals surface area contributed by atoms with Crippen molar-refractivity contribution in [2.24, 2.45) is 5.92 Å². The van der Waals surface area contributed by atoms with Gasteiger partial charge in [-0.1, -0.05) is 39.3 Å². The third-order valence-electron chi connectivity index (χ3n) is 3.13. The van der Waals surface area contributed by atoms with Crippen LogP contribution >= 0.6 is 11.6 Å². The zero-order chi connectivity index (χ0) is 16.9. The number of sulfonamides is 1. The molecule has 124 valence electrons. The van der Waals surface area contributed by atoms with Gasteiger partial charge in [-0.15, -0.1) is 0 Å². The van der Waals surface area contributed by atoms with Crippen molar-refractivity contribution in [2.45, 2.75) is 39.0 Å². The summed E-state index contributed by atoms with van der Waals surface area (Å²) < 4.78 is 26.4. The molecule has 0 heterocycles. The highest BCUT2D eigenvalue weighted by Crippen LogP contribution is 2.27. The van der Waals surface area contributed by atoms with Gasteiger partial charge in [0.25, 0.3) is 0 Å². The van der Waals surface area contributed by atoms with Crippen LogP contribution in [0.2, 0.25) is 5.02 Å². The summed E-state index contributed by atoms with van der Waals surface area (Å²) in [5.74, 6) is 0.0784. The Morgan fingerprint density at radius 1 is 1.27 bits per heavy atom. The number of benzene rings is 1.